The molecule has 2 aromatic rings. The maximum Gasteiger partial charge on any atom is 0.320 e. The topological polar surface area (TPSA) is 49.8 Å². The van der Waals surface area contributed by atoms with Gasteiger partial charge in [0.25, 0.3) is 0 Å². The zero-order valence-electron chi connectivity index (χ0n) is 14.5. The Morgan fingerprint density at radius 3 is 2.28 bits per heavy atom. The van der Waals surface area contributed by atoms with Gasteiger partial charge in [0.1, 0.15) is 11.8 Å². The molecule has 0 radical (unpaired) electrons. The summed E-state index contributed by atoms with van der Waals surface area (Å²) < 4.78 is 5.26. The first kappa shape index (κ1) is 17.8. The third-order valence-electron chi connectivity index (χ3n) is 4.77. The van der Waals surface area contributed by atoms with Crippen molar-refractivity contribution in [2.24, 2.45) is 0 Å². The predicted molar refractivity (Wildman–Crippen MR) is 100 cm³/mol. The van der Waals surface area contributed by atoms with Crippen molar-refractivity contribution in [3.8, 4) is 5.75 Å². The average Bonchev–Trinajstić information content (AvgIpc) is 3.13. The molecule has 2 unspecified atom stereocenters. The summed E-state index contributed by atoms with van der Waals surface area (Å²) in [6.45, 7) is 0.790. The number of carbonyl (C=O) groups is 1. The van der Waals surface area contributed by atoms with Gasteiger partial charge in [-0.05, 0) is 54.5 Å². The second-order valence-electron chi connectivity index (χ2n) is 6.18. The zero-order valence-corrected chi connectivity index (χ0v) is 15.3. The molecule has 0 aromatic heterocycles. The largest absolute Gasteiger partial charge is 0.497 e. The third kappa shape index (κ3) is 3.83. The second-order valence-corrected chi connectivity index (χ2v) is 7.06. The summed E-state index contributed by atoms with van der Waals surface area (Å²) in [4.78, 5) is 15.0. The molecule has 5 heteroatoms. The number of likely N-dealkylation sites (tertiary alicyclic amines) is 1. The van der Waals surface area contributed by atoms with Gasteiger partial charge in [0.2, 0.25) is 0 Å². The van der Waals surface area contributed by atoms with Crippen molar-refractivity contribution < 1.29 is 14.6 Å². The summed E-state index contributed by atoms with van der Waals surface area (Å²) in [6, 6.07) is 15.8. The third-order valence-corrected chi connectivity index (χ3v) is 5.52. The van der Waals surface area contributed by atoms with Crippen LogP contribution in [0.4, 0.5) is 0 Å². The molecule has 132 valence electrons. The zero-order chi connectivity index (χ0) is 17.8. The Morgan fingerprint density at radius 1 is 1.16 bits per heavy atom. The molecule has 0 spiro atoms. The first-order valence-corrected chi connectivity index (χ1v) is 9.63. The van der Waals surface area contributed by atoms with Crippen LogP contribution in [-0.4, -0.2) is 41.9 Å². The number of aliphatic carboxylic acids is 1. The highest BCUT2D eigenvalue weighted by molar-refractivity contribution is 7.98. The van der Waals surface area contributed by atoms with Gasteiger partial charge in [-0.25, -0.2) is 0 Å². The number of nitrogens with zero attached hydrogens (tertiary/aromatic N) is 1. The molecule has 0 aliphatic carbocycles. The van der Waals surface area contributed by atoms with E-state index in [1.54, 1.807) is 18.9 Å². The fourth-order valence-electron chi connectivity index (χ4n) is 3.51. The summed E-state index contributed by atoms with van der Waals surface area (Å²) in [5, 5.41) is 9.63. The Kier molecular flexibility index (Phi) is 5.66. The highest BCUT2D eigenvalue weighted by Gasteiger charge is 2.36. The minimum Gasteiger partial charge on any atom is -0.497 e. The van der Waals surface area contributed by atoms with E-state index in [0.717, 1.165) is 29.8 Å². The van der Waals surface area contributed by atoms with Crippen molar-refractivity contribution in [2.45, 2.75) is 29.8 Å². The van der Waals surface area contributed by atoms with Crippen LogP contribution in [0.25, 0.3) is 0 Å². The highest BCUT2D eigenvalue weighted by Crippen LogP contribution is 2.36. The van der Waals surface area contributed by atoms with E-state index >= 15 is 0 Å². The standard InChI is InChI=1S/C20H23NO3S/c1-24-16-9-5-14(6-10-16)19(15-7-11-17(25-2)12-8-15)21-13-3-4-18(21)20(22)23/h5-12,18-19H,3-4,13H2,1-2H3,(H,22,23). The van der Waals surface area contributed by atoms with Crippen LogP contribution in [0.2, 0.25) is 0 Å². The fourth-order valence-corrected chi connectivity index (χ4v) is 3.92. The molecule has 0 amide bonds. The molecule has 1 aliphatic rings. The minimum atomic E-state index is -0.739. The van der Waals surface area contributed by atoms with Crippen molar-refractivity contribution in [3.63, 3.8) is 0 Å². The number of carboxylic acid groups (broad SMARTS) is 1. The number of rotatable bonds is 6. The van der Waals surface area contributed by atoms with Crippen molar-refractivity contribution >= 4 is 17.7 Å². The normalized spacial score (nSPS) is 18.9. The van der Waals surface area contributed by atoms with Crippen LogP contribution in [-0.2, 0) is 4.79 Å². The maximum absolute atomic E-state index is 11.7. The Labute approximate surface area is 152 Å². The smallest absolute Gasteiger partial charge is 0.320 e. The summed E-state index contributed by atoms with van der Waals surface area (Å²) in [7, 11) is 1.65. The maximum atomic E-state index is 11.7. The van der Waals surface area contributed by atoms with Crippen molar-refractivity contribution in [3.05, 3.63) is 59.7 Å². The summed E-state index contributed by atoms with van der Waals surface area (Å²) in [5.41, 5.74) is 2.21. The van der Waals surface area contributed by atoms with E-state index in [9.17, 15) is 9.90 Å². The molecule has 1 aliphatic heterocycles. The number of benzene rings is 2. The number of carboxylic acids is 1. The Bertz CT molecular complexity index is 667. The summed E-state index contributed by atoms with van der Waals surface area (Å²) in [6.07, 6.45) is 3.66. The summed E-state index contributed by atoms with van der Waals surface area (Å²) >= 11 is 1.70. The molecule has 1 N–H and O–H groups in total. The van der Waals surface area contributed by atoms with E-state index in [4.69, 9.17) is 4.74 Å². The van der Waals surface area contributed by atoms with Crippen molar-refractivity contribution in [2.75, 3.05) is 19.9 Å². The van der Waals surface area contributed by atoms with Crippen molar-refractivity contribution in [1.29, 1.82) is 0 Å². The van der Waals surface area contributed by atoms with Crippen molar-refractivity contribution in [1.82, 2.24) is 4.90 Å². The van der Waals surface area contributed by atoms with Gasteiger partial charge in [-0.15, -0.1) is 11.8 Å². The molecule has 2 aromatic carbocycles. The van der Waals surface area contributed by atoms with E-state index in [0.29, 0.717) is 6.42 Å². The van der Waals surface area contributed by atoms with Crippen LogP contribution in [0, 0.1) is 0 Å². The Balaban J connectivity index is 2.01. The first-order valence-electron chi connectivity index (χ1n) is 8.40. The predicted octanol–water partition coefficient (Wildman–Crippen LogP) is 4.06. The number of methoxy groups -OCH3 is 1. The van der Waals surface area contributed by atoms with E-state index in [1.807, 2.05) is 24.3 Å². The van der Waals surface area contributed by atoms with Crippen LogP contribution in [0.5, 0.6) is 5.75 Å². The lowest BCUT2D eigenvalue weighted by Gasteiger charge is -2.32. The van der Waals surface area contributed by atoms with Crippen LogP contribution < -0.4 is 4.74 Å². The molecule has 2 atom stereocenters. The SMILES string of the molecule is COc1ccc(C(c2ccc(SC)cc2)N2CCCC2C(=O)O)cc1. The average molecular weight is 357 g/mol. The van der Waals surface area contributed by atoms with Crippen LogP contribution in [0.15, 0.2) is 53.4 Å². The molecular formula is C20H23NO3S. The molecule has 3 rings (SSSR count). The van der Waals surface area contributed by atoms with E-state index in [-0.39, 0.29) is 6.04 Å². The first-order chi connectivity index (χ1) is 12.1. The van der Waals surface area contributed by atoms with Gasteiger partial charge in [-0.1, -0.05) is 24.3 Å². The quantitative estimate of drug-likeness (QED) is 0.790. The monoisotopic (exact) mass is 357 g/mol. The molecule has 1 fully saturated rings. The van der Waals surface area contributed by atoms with Gasteiger partial charge in [-0.3, -0.25) is 9.69 Å². The van der Waals surface area contributed by atoms with E-state index in [2.05, 4.69) is 35.4 Å². The Morgan fingerprint density at radius 2 is 1.76 bits per heavy atom. The van der Waals surface area contributed by atoms with Crippen LogP contribution in [0.1, 0.15) is 30.0 Å². The van der Waals surface area contributed by atoms with Gasteiger partial charge in [0.05, 0.1) is 13.2 Å². The molecule has 1 saturated heterocycles. The summed E-state index contributed by atoms with van der Waals surface area (Å²) in [5.74, 6) is 0.0631. The van der Waals surface area contributed by atoms with Gasteiger partial charge >= 0.3 is 5.97 Å². The van der Waals surface area contributed by atoms with E-state index < -0.39 is 12.0 Å². The van der Waals surface area contributed by atoms with Gasteiger partial charge in [0, 0.05) is 11.4 Å². The van der Waals surface area contributed by atoms with Gasteiger partial charge in [0.15, 0.2) is 0 Å². The molecule has 0 bridgehead atoms. The van der Waals surface area contributed by atoms with Crippen LogP contribution in [0.3, 0.4) is 0 Å². The van der Waals surface area contributed by atoms with Crippen LogP contribution >= 0.6 is 11.8 Å². The van der Waals surface area contributed by atoms with Gasteiger partial charge in [-0.2, -0.15) is 0 Å². The number of thioether (sulfide) groups is 1. The van der Waals surface area contributed by atoms with Gasteiger partial charge < -0.3 is 9.84 Å². The lowest BCUT2D eigenvalue weighted by Crippen LogP contribution is -2.39. The lowest BCUT2D eigenvalue weighted by atomic mass is 9.96. The molecule has 0 saturated carbocycles. The lowest BCUT2D eigenvalue weighted by molar-refractivity contribution is -0.142. The second kappa shape index (κ2) is 7.93. The molecule has 25 heavy (non-hydrogen) atoms. The minimum absolute atomic E-state index is 0.0644. The fraction of sp³-hybridized carbons (Fsp3) is 0.350. The number of ether oxygens (including phenoxy) is 1. The number of hydrogen-bond acceptors (Lipinski definition) is 4. The molecule has 4 nitrogen and oxygen atoms in total. The molecule has 1 heterocycles. The van der Waals surface area contributed by atoms with E-state index in [1.165, 1.54) is 4.90 Å². The highest BCUT2D eigenvalue weighted by atomic mass is 32.2. The molecular weight excluding hydrogens is 334 g/mol. The number of hydrogen-bond donors (Lipinski definition) is 1. The Hall–Kier alpha value is -1.98.